The van der Waals surface area contributed by atoms with Gasteiger partial charge in [0.1, 0.15) is 0 Å². The molecule has 0 spiro atoms. The van der Waals surface area contributed by atoms with Gasteiger partial charge in [0.25, 0.3) is 0 Å². The first-order valence-corrected chi connectivity index (χ1v) is 6.91. The van der Waals surface area contributed by atoms with Crippen molar-refractivity contribution in [3.63, 3.8) is 0 Å². The zero-order chi connectivity index (χ0) is 12.8. The van der Waals surface area contributed by atoms with Crippen molar-refractivity contribution in [2.24, 2.45) is 0 Å². The molecule has 0 saturated heterocycles. The lowest BCUT2D eigenvalue weighted by Gasteiger charge is -2.10. The molecule has 1 fully saturated rings. The summed E-state index contributed by atoms with van der Waals surface area (Å²) in [5.41, 5.74) is 1.48. The fourth-order valence-corrected chi connectivity index (χ4v) is 2.26. The van der Waals surface area contributed by atoms with E-state index in [1.807, 2.05) is 0 Å². The normalized spacial score (nSPS) is 22.4. The van der Waals surface area contributed by atoms with Gasteiger partial charge in [0, 0.05) is 38.1 Å². The molecule has 3 nitrogen and oxygen atoms in total. The standard InChI is InChI=1S/C15H25N3/c1-18(2)11-10-16-8-9-17-15-12-14(15)13-6-4-3-5-7-13/h3-7,14-17H,8-12H2,1-2H3/t14?,15-/m0/s1. The van der Waals surface area contributed by atoms with Gasteiger partial charge in [-0.1, -0.05) is 30.3 Å². The second-order valence-corrected chi connectivity index (χ2v) is 5.37. The van der Waals surface area contributed by atoms with E-state index in [0.29, 0.717) is 6.04 Å². The Hall–Kier alpha value is -0.900. The van der Waals surface area contributed by atoms with Gasteiger partial charge in [-0.2, -0.15) is 0 Å². The molecule has 0 amide bonds. The molecule has 1 saturated carbocycles. The number of likely N-dealkylation sites (N-methyl/N-ethyl adjacent to an activating group) is 1. The quantitative estimate of drug-likeness (QED) is 0.678. The Morgan fingerprint density at radius 3 is 2.61 bits per heavy atom. The Kier molecular flexibility index (Phi) is 5.17. The molecule has 0 aliphatic heterocycles. The third-order valence-corrected chi connectivity index (χ3v) is 3.46. The first-order chi connectivity index (χ1) is 8.77. The van der Waals surface area contributed by atoms with Crippen molar-refractivity contribution >= 4 is 0 Å². The van der Waals surface area contributed by atoms with Crippen LogP contribution in [0.5, 0.6) is 0 Å². The zero-order valence-electron chi connectivity index (χ0n) is 11.5. The fourth-order valence-electron chi connectivity index (χ4n) is 2.26. The van der Waals surface area contributed by atoms with Crippen molar-refractivity contribution in [1.82, 2.24) is 15.5 Å². The number of hydrogen-bond acceptors (Lipinski definition) is 3. The third kappa shape index (κ3) is 4.41. The molecular formula is C15H25N3. The number of benzene rings is 1. The second kappa shape index (κ2) is 6.88. The van der Waals surface area contributed by atoms with Gasteiger partial charge in [-0.3, -0.25) is 0 Å². The molecule has 1 aromatic rings. The molecule has 2 N–H and O–H groups in total. The van der Waals surface area contributed by atoms with Crippen LogP contribution in [-0.4, -0.2) is 51.2 Å². The van der Waals surface area contributed by atoms with Gasteiger partial charge in [-0.05, 0) is 26.1 Å². The molecule has 100 valence electrons. The highest BCUT2D eigenvalue weighted by Gasteiger charge is 2.37. The fraction of sp³-hybridized carbons (Fsp3) is 0.600. The summed E-state index contributed by atoms with van der Waals surface area (Å²) in [6.07, 6.45) is 1.29. The van der Waals surface area contributed by atoms with Gasteiger partial charge in [0.15, 0.2) is 0 Å². The molecule has 0 aromatic heterocycles. The zero-order valence-corrected chi connectivity index (χ0v) is 11.5. The van der Waals surface area contributed by atoms with Gasteiger partial charge in [-0.25, -0.2) is 0 Å². The van der Waals surface area contributed by atoms with Crippen LogP contribution in [0.4, 0.5) is 0 Å². The van der Waals surface area contributed by atoms with Crippen LogP contribution in [0.25, 0.3) is 0 Å². The van der Waals surface area contributed by atoms with Crippen LogP contribution in [0, 0.1) is 0 Å². The van der Waals surface area contributed by atoms with Crippen molar-refractivity contribution in [1.29, 1.82) is 0 Å². The first kappa shape index (κ1) is 13.5. The van der Waals surface area contributed by atoms with E-state index in [1.54, 1.807) is 0 Å². The number of hydrogen-bond donors (Lipinski definition) is 2. The van der Waals surface area contributed by atoms with Crippen LogP contribution in [0.1, 0.15) is 17.9 Å². The maximum absolute atomic E-state index is 3.62. The average Bonchev–Trinajstić information content (AvgIpc) is 3.14. The summed E-state index contributed by atoms with van der Waals surface area (Å²) in [7, 11) is 4.21. The maximum Gasteiger partial charge on any atom is 0.0143 e. The highest BCUT2D eigenvalue weighted by atomic mass is 15.1. The Morgan fingerprint density at radius 2 is 1.89 bits per heavy atom. The Morgan fingerprint density at radius 1 is 1.11 bits per heavy atom. The monoisotopic (exact) mass is 247 g/mol. The summed E-state index contributed by atoms with van der Waals surface area (Å²) < 4.78 is 0. The van der Waals surface area contributed by atoms with E-state index < -0.39 is 0 Å². The van der Waals surface area contributed by atoms with E-state index >= 15 is 0 Å². The molecule has 18 heavy (non-hydrogen) atoms. The highest BCUT2D eigenvalue weighted by Crippen LogP contribution is 2.40. The summed E-state index contributed by atoms with van der Waals surface area (Å²) >= 11 is 0. The van der Waals surface area contributed by atoms with Crippen LogP contribution < -0.4 is 10.6 Å². The van der Waals surface area contributed by atoms with Gasteiger partial charge < -0.3 is 15.5 Å². The molecule has 1 aliphatic carbocycles. The van der Waals surface area contributed by atoms with E-state index in [0.717, 1.165) is 32.1 Å². The maximum atomic E-state index is 3.62. The molecule has 0 bridgehead atoms. The third-order valence-electron chi connectivity index (χ3n) is 3.46. The van der Waals surface area contributed by atoms with Crippen LogP contribution in [-0.2, 0) is 0 Å². The molecule has 1 aromatic carbocycles. The van der Waals surface area contributed by atoms with E-state index in [4.69, 9.17) is 0 Å². The minimum absolute atomic E-state index is 0.697. The number of nitrogens with zero attached hydrogens (tertiary/aromatic N) is 1. The topological polar surface area (TPSA) is 27.3 Å². The summed E-state index contributed by atoms with van der Waals surface area (Å²) in [5, 5.41) is 7.07. The molecule has 1 aliphatic rings. The van der Waals surface area contributed by atoms with Crippen LogP contribution in [0.2, 0.25) is 0 Å². The average molecular weight is 247 g/mol. The Labute approximate surface area is 111 Å². The molecule has 1 unspecified atom stereocenters. The van der Waals surface area contributed by atoms with Crippen molar-refractivity contribution in [3.05, 3.63) is 35.9 Å². The highest BCUT2D eigenvalue weighted by molar-refractivity contribution is 5.27. The predicted octanol–water partition coefficient (Wildman–Crippen LogP) is 1.28. The second-order valence-electron chi connectivity index (χ2n) is 5.37. The van der Waals surface area contributed by atoms with Crippen molar-refractivity contribution in [2.75, 3.05) is 40.3 Å². The molecule has 0 radical (unpaired) electrons. The summed E-state index contributed by atoms with van der Waals surface area (Å²) in [4.78, 5) is 2.20. The van der Waals surface area contributed by atoms with Gasteiger partial charge in [-0.15, -0.1) is 0 Å². The number of nitrogens with one attached hydrogen (secondary N) is 2. The van der Waals surface area contributed by atoms with Gasteiger partial charge >= 0.3 is 0 Å². The Bertz CT molecular complexity index is 337. The predicted molar refractivity (Wildman–Crippen MR) is 77.0 cm³/mol. The number of rotatable bonds is 8. The SMILES string of the molecule is CN(C)CCNCCN[C@H]1CC1c1ccccc1. The first-order valence-electron chi connectivity index (χ1n) is 6.91. The summed E-state index contributed by atoms with van der Waals surface area (Å²) in [5.74, 6) is 0.743. The minimum atomic E-state index is 0.697. The summed E-state index contributed by atoms with van der Waals surface area (Å²) in [6, 6.07) is 11.5. The largest absolute Gasteiger partial charge is 0.314 e. The molecule has 2 atom stereocenters. The Balaban J connectivity index is 1.52. The smallest absolute Gasteiger partial charge is 0.0143 e. The summed E-state index contributed by atoms with van der Waals surface area (Å²) in [6.45, 7) is 4.31. The van der Waals surface area contributed by atoms with Crippen LogP contribution in [0.15, 0.2) is 30.3 Å². The lowest BCUT2D eigenvalue weighted by molar-refractivity contribution is 0.399. The van der Waals surface area contributed by atoms with E-state index in [9.17, 15) is 0 Å². The lowest BCUT2D eigenvalue weighted by atomic mass is 10.1. The van der Waals surface area contributed by atoms with Gasteiger partial charge in [0.2, 0.25) is 0 Å². The molecule has 2 rings (SSSR count). The van der Waals surface area contributed by atoms with E-state index in [1.165, 1.54) is 12.0 Å². The molecule has 0 heterocycles. The van der Waals surface area contributed by atoms with Crippen LogP contribution in [0.3, 0.4) is 0 Å². The van der Waals surface area contributed by atoms with E-state index in [-0.39, 0.29) is 0 Å². The molecular weight excluding hydrogens is 222 g/mol. The van der Waals surface area contributed by atoms with Crippen LogP contribution >= 0.6 is 0 Å². The van der Waals surface area contributed by atoms with Crippen molar-refractivity contribution in [2.45, 2.75) is 18.4 Å². The van der Waals surface area contributed by atoms with E-state index in [2.05, 4.69) is 60.0 Å². The lowest BCUT2D eigenvalue weighted by Crippen LogP contribution is -2.33. The minimum Gasteiger partial charge on any atom is -0.314 e. The van der Waals surface area contributed by atoms with Crippen molar-refractivity contribution < 1.29 is 0 Å². The van der Waals surface area contributed by atoms with Gasteiger partial charge in [0.05, 0.1) is 0 Å². The molecule has 3 heteroatoms. The van der Waals surface area contributed by atoms with Crippen molar-refractivity contribution in [3.8, 4) is 0 Å².